The van der Waals surface area contributed by atoms with E-state index in [9.17, 15) is 0 Å². The lowest BCUT2D eigenvalue weighted by Crippen LogP contribution is -1.99. The van der Waals surface area contributed by atoms with Gasteiger partial charge in [0.1, 0.15) is 5.82 Å². The van der Waals surface area contributed by atoms with Crippen molar-refractivity contribution in [1.82, 2.24) is 9.55 Å². The number of unbranched alkanes of at least 4 members (excludes halogenated alkanes) is 1. The van der Waals surface area contributed by atoms with Crippen molar-refractivity contribution >= 4 is 0 Å². The number of hydrogen-bond acceptors (Lipinski definition) is 1. The van der Waals surface area contributed by atoms with Gasteiger partial charge in [-0.25, -0.2) is 4.98 Å². The van der Waals surface area contributed by atoms with Crippen molar-refractivity contribution in [2.75, 3.05) is 0 Å². The lowest BCUT2D eigenvalue weighted by Gasteiger charge is -2.04. The standard InChI is InChI=1S/C14H17N2/c1-13-15-10-12-16(13)11-6-5-9-14-7-3-2-4-8-14/h3-4,7-8,10,12H,5-6,9,11H2,1H3. The zero-order chi connectivity index (χ0) is 11.2. The summed E-state index contributed by atoms with van der Waals surface area (Å²) in [5.41, 5.74) is 1.40. The smallest absolute Gasteiger partial charge is 0.105 e. The summed E-state index contributed by atoms with van der Waals surface area (Å²) in [7, 11) is 0. The zero-order valence-corrected chi connectivity index (χ0v) is 9.69. The molecule has 0 N–H and O–H groups in total. The fraction of sp³-hybridized carbons (Fsp3) is 0.357. The molecule has 0 fully saturated rings. The van der Waals surface area contributed by atoms with Gasteiger partial charge < -0.3 is 4.57 Å². The van der Waals surface area contributed by atoms with Crippen molar-refractivity contribution < 1.29 is 0 Å². The Balaban J connectivity index is 1.72. The summed E-state index contributed by atoms with van der Waals surface area (Å²) in [5.74, 6) is 1.11. The molecular formula is C14H17N2. The summed E-state index contributed by atoms with van der Waals surface area (Å²) < 4.78 is 2.21. The van der Waals surface area contributed by atoms with E-state index in [1.54, 1.807) is 0 Å². The van der Waals surface area contributed by atoms with Gasteiger partial charge in [0.05, 0.1) is 0 Å². The van der Waals surface area contributed by atoms with Gasteiger partial charge in [-0.3, -0.25) is 0 Å². The second kappa shape index (κ2) is 5.50. The molecule has 1 aromatic heterocycles. The topological polar surface area (TPSA) is 17.8 Å². The molecule has 1 aromatic carbocycles. The van der Waals surface area contributed by atoms with Crippen LogP contribution in [-0.2, 0) is 13.0 Å². The zero-order valence-electron chi connectivity index (χ0n) is 9.69. The molecule has 16 heavy (non-hydrogen) atoms. The van der Waals surface area contributed by atoms with E-state index in [4.69, 9.17) is 0 Å². The molecular weight excluding hydrogens is 196 g/mol. The van der Waals surface area contributed by atoms with E-state index in [0.29, 0.717) is 0 Å². The molecule has 0 saturated heterocycles. The number of aromatic nitrogens is 2. The SMILES string of the molecule is Cc1nccn1CCCCc1cc[c]cc1. The van der Waals surface area contributed by atoms with Crippen molar-refractivity contribution in [3.05, 3.63) is 54.1 Å². The summed E-state index contributed by atoms with van der Waals surface area (Å²) in [6.07, 6.45) is 7.50. The first-order valence-electron chi connectivity index (χ1n) is 5.79. The van der Waals surface area contributed by atoms with Crippen molar-refractivity contribution in [3.63, 3.8) is 0 Å². The van der Waals surface area contributed by atoms with Crippen molar-refractivity contribution in [3.8, 4) is 0 Å². The molecule has 0 aliphatic heterocycles. The normalized spacial score (nSPS) is 10.6. The summed E-state index contributed by atoms with van der Waals surface area (Å²) >= 11 is 0. The highest BCUT2D eigenvalue weighted by Crippen LogP contribution is 2.06. The maximum Gasteiger partial charge on any atom is 0.105 e. The quantitative estimate of drug-likeness (QED) is 0.698. The van der Waals surface area contributed by atoms with E-state index in [-0.39, 0.29) is 0 Å². The Labute approximate surface area is 97.0 Å². The number of hydrogen-bond donors (Lipinski definition) is 0. The van der Waals surface area contributed by atoms with Gasteiger partial charge >= 0.3 is 0 Å². The molecule has 0 spiro atoms. The van der Waals surface area contributed by atoms with Crippen molar-refractivity contribution in [2.45, 2.75) is 32.7 Å². The minimum Gasteiger partial charge on any atom is -0.335 e. The molecule has 0 unspecified atom stereocenters. The number of nitrogens with zero attached hydrogens (tertiary/aromatic N) is 2. The third-order valence-electron chi connectivity index (χ3n) is 2.83. The Morgan fingerprint density at radius 1 is 1.25 bits per heavy atom. The van der Waals surface area contributed by atoms with E-state index in [2.05, 4.69) is 27.8 Å². The fourth-order valence-corrected chi connectivity index (χ4v) is 1.84. The van der Waals surface area contributed by atoms with Gasteiger partial charge in [0, 0.05) is 18.9 Å². The van der Waals surface area contributed by atoms with Crippen LogP contribution in [0.25, 0.3) is 0 Å². The number of imidazole rings is 1. The molecule has 83 valence electrons. The number of rotatable bonds is 5. The Morgan fingerprint density at radius 2 is 2.06 bits per heavy atom. The Hall–Kier alpha value is -1.57. The summed E-state index contributed by atoms with van der Waals surface area (Å²) in [6, 6.07) is 11.3. The summed E-state index contributed by atoms with van der Waals surface area (Å²) in [4.78, 5) is 4.21. The molecule has 2 nitrogen and oxygen atoms in total. The monoisotopic (exact) mass is 213 g/mol. The number of benzene rings is 1. The third-order valence-corrected chi connectivity index (χ3v) is 2.83. The highest BCUT2D eigenvalue weighted by molar-refractivity contribution is 5.13. The Kier molecular flexibility index (Phi) is 3.76. The van der Waals surface area contributed by atoms with Crippen LogP contribution in [0.3, 0.4) is 0 Å². The van der Waals surface area contributed by atoms with Crippen LogP contribution in [-0.4, -0.2) is 9.55 Å². The van der Waals surface area contributed by atoms with Gasteiger partial charge in [0.15, 0.2) is 0 Å². The molecule has 0 bridgehead atoms. The molecule has 2 rings (SSSR count). The first-order chi connectivity index (χ1) is 7.86. The second-order valence-corrected chi connectivity index (χ2v) is 4.03. The molecule has 2 heteroatoms. The van der Waals surface area contributed by atoms with Gasteiger partial charge in [0.25, 0.3) is 0 Å². The molecule has 0 amide bonds. The summed E-state index contributed by atoms with van der Waals surface area (Å²) in [6.45, 7) is 3.12. The van der Waals surface area contributed by atoms with Gasteiger partial charge in [-0.1, -0.05) is 24.3 Å². The van der Waals surface area contributed by atoms with Crippen LogP contribution >= 0.6 is 0 Å². The largest absolute Gasteiger partial charge is 0.335 e. The van der Waals surface area contributed by atoms with Crippen LogP contribution in [0.2, 0.25) is 0 Å². The molecule has 0 aliphatic rings. The minimum atomic E-state index is 1.07. The maximum absolute atomic E-state index is 4.21. The van der Waals surface area contributed by atoms with E-state index >= 15 is 0 Å². The third kappa shape index (κ3) is 2.96. The van der Waals surface area contributed by atoms with Crippen LogP contribution in [0.1, 0.15) is 24.2 Å². The highest BCUT2D eigenvalue weighted by atomic mass is 15.0. The van der Waals surface area contributed by atoms with Crippen molar-refractivity contribution in [2.24, 2.45) is 0 Å². The van der Waals surface area contributed by atoms with Crippen LogP contribution in [0.5, 0.6) is 0 Å². The molecule has 1 heterocycles. The fourth-order valence-electron chi connectivity index (χ4n) is 1.84. The Bertz CT molecular complexity index is 417. The molecule has 2 aromatic rings. The maximum atomic E-state index is 4.21. The van der Waals surface area contributed by atoms with Crippen LogP contribution in [0, 0.1) is 13.0 Å². The van der Waals surface area contributed by atoms with Crippen LogP contribution in [0.15, 0.2) is 36.7 Å². The summed E-state index contributed by atoms with van der Waals surface area (Å²) in [5, 5.41) is 0. The van der Waals surface area contributed by atoms with Gasteiger partial charge in [-0.2, -0.15) is 0 Å². The lowest BCUT2D eigenvalue weighted by atomic mass is 10.1. The average molecular weight is 213 g/mol. The molecule has 0 aliphatic carbocycles. The van der Waals surface area contributed by atoms with Crippen LogP contribution < -0.4 is 0 Å². The average Bonchev–Trinajstić information content (AvgIpc) is 2.72. The first kappa shape index (κ1) is 10.9. The lowest BCUT2D eigenvalue weighted by molar-refractivity contribution is 0.596. The Morgan fingerprint density at radius 3 is 2.75 bits per heavy atom. The van der Waals surface area contributed by atoms with Crippen LogP contribution in [0.4, 0.5) is 0 Å². The van der Waals surface area contributed by atoms with E-state index in [1.807, 2.05) is 31.5 Å². The second-order valence-electron chi connectivity index (χ2n) is 4.03. The minimum absolute atomic E-state index is 1.07. The molecule has 0 saturated carbocycles. The van der Waals surface area contributed by atoms with Gasteiger partial charge in [-0.05, 0) is 37.8 Å². The predicted octanol–water partition coefficient (Wildman–Crippen LogP) is 3.01. The van der Waals surface area contributed by atoms with E-state index in [0.717, 1.165) is 18.8 Å². The number of aryl methyl sites for hydroxylation is 3. The van der Waals surface area contributed by atoms with E-state index < -0.39 is 0 Å². The van der Waals surface area contributed by atoms with Crippen molar-refractivity contribution in [1.29, 1.82) is 0 Å². The van der Waals surface area contributed by atoms with Gasteiger partial charge in [-0.15, -0.1) is 0 Å². The highest BCUT2D eigenvalue weighted by Gasteiger charge is 1.96. The predicted molar refractivity (Wildman–Crippen MR) is 65.2 cm³/mol. The van der Waals surface area contributed by atoms with E-state index in [1.165, 1.54) is 18.4 Å². The van der Waals surface area contributed by atoms with Gasteiger partial charge in [0.2, 0.25) is 0 Å². The molecule has 1 radical (unpaired) electrons. The molecule has 0 atom stereocenters. The first-order valence-corrected chi connectivity index (χ1v) is 5.79.